The first-order chi connectivity index (χ1) is 11.5. The minimum Gasteiger partial charge on any atom is -0.396 e. The van der Waals surface area contributed by atoms with E-state index in [1.807, 2.05) is 17.4 Å². The van der Waals surface area contributed by atoms with E-state index in [0.29, 0.717) is 0 Å². The van der Waals surface area contributed by atoms with E-state index in [1.165, 1.54) is 34.0 Å². The summed E-state index contributed by atoms with van der Waals surface area (Å²) in [5.74, 6) is 0.262. The summed E-state index contributed by atoms with van der Waals surface area (Å²) in [6, 6.07) is 10.8. The van der Waals surface area contributed by atoms with Crippen LogP contribution < -0.4 is 5.32 Å². The fraction of sp³-hybridized carbons (Fsp3) is 0.550. The van der Waals surface area contributed by atoms with Crippen LogP contribution in [0.5, 0.6) is 0 Å². The summed E-state index contributed by atoms with van der Waals surface area (Å²) < 4.78 is 0. The van der Waals surface area contributed by atoms with Crippen molar-refractivity contribution in [2.24, 2.45) is 5.41 Å². The lowest BCUT2D eigenvalue weighted by molar-refractivity contribution is 0.128. The molecule has 1 heterocycles. The fourth-order valence-corrected chi connectivity index (χ4v) is 4.60. The summed E-state index contributed by atoms with van der Waals surface area (Å²) in [5.41, 5.74) is 2.43. The Morgan fingerprint density at radius 3 is 2.67 bits per heavy atom. The molecule has 0 saturated heterocycles. The molecule has 0 radical (unpaired) electrons. The van der Waals surface area contributed by atoms with Gasteiger partial charge in [-0.15, -0.1) is 11.3 Å². The summed E-state index contributed by atoms with van der Waals surface area (Å²) in [7, 11) is 0. The molecule has 2 aromatic rings. The Labute approximate surface area is 149 Å². The van der Waals surface area contributed by atoms with E-state index >= 15 is 0 Å². The highest BCUT2D eigenvalue weighted by atomic mass is 32.1. The van der Waals surface area contributed by atoms with Crippen LogP contribution in [0.4, 0.5) is 0 Å². The highest BCUT2D eigenvalue weighted by molar-refractivity contribution is 7.11. The van der Waals surface area contributed by atoms with Gasteiger partial charge in [-0.05, 0) is 37.2 Å². The Kier molecular flexibility index (Phi) is 5.38. The molecule has 130 valence electrons. The van der Waals surface area contributed by atoms with Crippen molar-refractivity contribution in [3.8, 4) is 0 Å². The minimum absolute atomic E-state index is 0.168. The number of aliphatic hydroxyl groups is 1. The molecule has 0 spiro atoms. The largest absolute Gasteiger partial charge is 0.396 e. The Hall–Kier alpha value is -1.23. The standard InChI is InChI=1S/C20H28N2OS/c1-14(19-22-17-10-7-11-18(17)24-19)21-12-16(20(2,3)13-23)15-8-5-4-6-9-15/h4-6,8-9,14,16,21,23H,7,10-13H2,1-3H3. The lowest BCUT2D eigenvalue weighted by atomic mass is 9.75. The lowest BCUT2D eigenvalue weighted by Gasteiger charge is -2.34. The molecule has 3 rings (SSSR count). The third kappa shape index (κ3) is 3.71. The minimum atomic E-state index is -0.168. The molecule has 2 unspecified atom stereocenters. The van der Waals surface area contributed by atoms with Gasteiger partial charge in [0, 0.05) is 23.9 Å². The van der Waals surface area contributed by atoms with Gasteiger partial charge in [0.15, 0.2) is 0 Å². The molecule has 1 aromatic carbocycles. The highest BCUT2D eigenvalue weighted by Crippen LogP contribution is 2.36. The van der Waals surface area contributed by atoms with Gasteiger partial charge in [0.2, 0.25) is 0 Å². The van der Waals surface area contributed by atoms with Gasteiger partial charge >= 0.3 is 0 Å². The number of aliphatic hydroxyl groups excluding tert-OH is 1. The van der Waals surface area contributed by atoms with Crippen molar-refractivity contribution in [2.45, 2.75) is 52.0 Å². The second-order valence-electron chi connectivity index (χ2n) is 7.52. The summed E-state index contributed by atoms with van der Waals surface area (Å²) in [6.07, 6.45) is 3.60. The van der Waals surface area contributed by atoms with E-state index in [-0.39, 0.29) is 24.0 Å². The Morgan fingerprint density at radius 2 is 2.00 bits per heavy atom. The lowest BCUT2D eigenvalue weighted by Crippen LogP contribution is -2.35. The molecule has 24 heavy (non-hydrogen) atoms. The van der Waals surface area contributed by atoms with E-state index in [9.17, 15) is 5.11 Å². The first-order valence-electron chi connectivity index (χ1n) is 8.89. The fourth-order valence-electron chi connectivity index (χ4n) is 3.42. The zero-order valence-corrected chi connectivity index (χ0v) is 15.7. The molecule has 1 aliphatic rings. The molecule has 0 bridgehead atoms. The first-order valence-corrected chi connectivity index (χ1v) is 9.70. The highest BCUT2D eigenvalue weighted by Gasteiger charge is 2.30. The predicted octanol–water partition coefficient (Wildman–Crippen LogP) is 4.08. The van der Waals surface area contributed by atoms with Crippen LogP contribution in [0.15, 0.2) is 30.3 Å². The third-order valence-electron chi connectivity index (χ3n) is 5.16. The summed E-state index contributed by atoms with van der Waals surface area (Å²) in [5, 5.41) is 14.7. The van der Waals surface area contributed by atoms with Gasteiger partial charge in [-0.2, -0.15) is 0 Å². The molecular formula is C20H28N2OS. The molecule has 2 N–H and O–H groups in total. The van der Waals surface area contributed by atoms with Crippen molar-refractivity contribution in [1.29, 1.82) is 0 Å². The van der Waals surface area contributed by atoms with E-state index < -0.39 is 0 Å². The van der Waals surface area contributed by atoms with Crippen LogP contribution in [0.2, 0.25) is 0 Å². The van der Waals surface area contributed by atoms with Gasteiger partial charge in [0.05, 0.1) is 11.7 Å². The second kappa shape index (κ2) is 7.34. The number of aryl methyl sites for hydroxylation is 2. The second-order valence-corrected chi connectivity index (χ2v) is 8.63. The Balaban J connectivity index is 1.71. The maximum Gasteiger partial charge on any atom is 0.110 e. The molecular weight excluding hydrogens is 316 g/mol. The number of fused-ring (bicyclic) bond motifs is 1. The van der Waals surface area contributed by atoms with Crippen molar-refractivity contribution in [3.63, 3.8) is 0 Å². The van der Waals surface area contributed by atoms with Crippen LogP contribution in [0, 0.1) is 5.41 Å². The van der Waals surface area contributed by atoms with Crippen molar-refractivity contribution in [2.75, 3.05) is 13.2 Å². The molecule has 0 fully saturated rings. The number of rotatable bonds is 7. The maximum atomic E-state index is 9.85. The molecule has 1 aromatic heterocycles. The molecule has 0 amide bonds. The maximum absolute atomic E-state index is 9.85. The van der Waals surface area contributed by atoms with Crippen molar-refractivity contribution < 1.29 is 5.11 Å². The normalized spacial score (nSPS) is 16.8. The van der Waals surface area contributed by atoms with Gasteiger partial charge < -0.3 is 10.4 Å². The molecule has 0 saturated carbocycles. The number of nitrogens with one attached hydrogen (secondary N) is 1. The van der Waals surface area contributed by atoms with E-state index in [0.717, 1.165) is 13.0 Å². The summed E-state index contributed by atoms with van der Waals surface area (Å²) in [6.45, 7) is 7.48. The third-order valence-corrected chi connectivity index (χ3v) is 6.50. The molecule has 3 nitrogen and oxygen atoms in total. The van der Waals surface area contributed by atoms with Gasteiger partial charge in [-0.1, -0.05) is 44.2 Å². The number of benzene rings is 1. The van der Waals surface area contributed by atoms with Crippen LogP contribution in [0.3, 0.4) is 0 Å². The van der Waals surface area contributed by atoms with Crippen molar-refractivity contribution in [3.05, 3.63) is 51.5 Å². The van der Waals surface area contributed by atoms with Crippen molar-refractivity contribution >= 4 is 11.3 Å². The Morgan fingerprint density at radius 1 is 1.25 bits per heavy atom. The van der Waals surface area contributed by atoms with Crippen LogP contribution in [-0.4, -0.2) is 23.2 Å². The van der Waals surface area contributed by atoms with Gasteiger partial charge in [-0.3, -0.25) is 0 Å². The smallest absolute Gasteiger partial charge is 0.110 e. The van der Waals surface area contributed by atoms with Gasteiger partial charge in [-0.25, -0.2) is 4.98 Å². The van der Waals surface area contributed by atoms with E-state index in [2.05, 4.69) is 50.4 Å². The van der Waals surface area contributed by atoms with Crippen LogP contribution in [0.25, 0.3) is 0 Å². The van der Waals surface area contributed by atoms with Crippen molar-refractivity contribution in [1.82, 2.24) is 10.3 Å². The quantitative estimate of drug-likeness (QED) is 0.795. The average Bonchev–Trinajstić information content (AvgIpc) is 3.17. The molecule has 2 atom stereocenters. The topological polar surface area (TPSA) is 45.1 Å². The zero-order valence-electron chi connectivity index (χ0n) is 14.9. The zero-order chi connectivity index (χ0) is 17.2. The number of nitrogens with zero attached hydrogens (tertiary/aromatic N) is 1. The van der Waals surface area contributed by atoms with E-state index in [1.54, 1.807) is 0 Å². The Bertz CT molecular complexity index is 644. The van der Waals surface area contributed by atoms with Crippen LogP contribution >= 0.6 is 11.3 Å². The number of aromatic nitrogens is 1. The SMILES string of the molecule is CC(NCC(c1ccccc1)C(C)(C)CO)c1nc2c(s1)CCC2. The van der Waals surface area contributed by atoms with Gasteiger partial charge in [0.1, 0.15) is 5.01 Å². The first kappa shape index (κ1) is 17.6. The van der Waals surface area contributed by atoms with Crippen LogP contribution in [-0.2, 0) is 12.8 Å². The molecule has 0 aliphatic heterocycles. The van der Waals surface area contributed by atoms with Crippen LogP contribution in [0.1, 0.15) is 60.3 Å². The summed E-state index contributed by atoms with van der Waals surface area (Å²) in [4.78, 5) is 6.31. The molecule has 1 aliphatic carbocycles. The molecule has 4 heteroatoms. The number of hydrogen-bond donors (Lipinski definition) is 2. The number of thiazole rings is 1. The summed E-state index contributed by atoms with van der Waals surface area (Å²) >= 11 is 1.87. The monoisotopic (exact) mass is 344 g/mol. The van der Waals surface area contributed by atoms with E-state index in [4.69, 9.17) is 4.98 Å². The van der Waals surface area contributed by atoms with Gasteiger partial charge in [0.25, 0.3) is 0 Å². The average molecular weight is 345 g/mol. The predicted molar refractivity (Wildman–Crippen MR) is 101 cm³/mol. The number of hydrogen-bond acceptors (Lipinski definition) is 4.